The van der Waals surface area contributed by atoms with Crippen molar-refractivity contribution < 1.29 is 24.2 Å². The van der Waals surface area contributed by atoms with E-state index < -0.39 is 29.7 Å². The molecule has 22 heavy (non-hydrogen) atoms. The second-order valence-electron chi connectivity index (χ2n) is 7.82. The molecule has 5 atom stereocenters. The van der Waals surface area contributed by atoms with Crippen molar-refractivity contribution >= 4 is 11.9 Å². The summed E-state index contributed by atoms with van der Waals surface area (Å²) in [6.07, 6.45) is 5.27. The molecule has 0 aromatic rings. The summed E-state index contributed by atoms with van der Waals surface area (Å²) in [5.74, 6) is -0.877. The lowest BCUT2D eigenvalue weighted by Crippen LogP contribution is -2.68. The van der Waals surface area contributed by atoms with Crippen LogP contribution in [0.2, 0.25) is 0 Å². The lowest BCUT2D eigenvalue weighted by molar-refractivity contribution is -0.271. The van der Waals surface area contributed by atoms with Crippen LogP contribution in [-0.2, 0) is 19.1 Å². The van der Waals surface area contributed by atoms with E-state index in [0.717, 1.165) is 38.2 Å². The van der Waals surface area contributed by atoms with Gasteiger partial charge in [-0.25, -0.2) is 9.59 Å². The summed E-state index contributed by atoms with van der Waals surface area (Å²) in [6.45, 7) is 7.04. The van der Waals surface area contributed by atoms with Crippen LogP contribution >= 0.6 is 0 Å². The fourth-order valence-corrected chi connectivity index (χ4v) is 5.48. The highest BCUT2D eigenvalue weighted by molar-refractivity contribution is 5.83. The van der Waals surface area contributed by atoms with Gasteiger partial charge in [0.15, 0.2) is 6.61 Å². The quantitative estimate of drug-likeness (QED) is 0.635. The molecule has 0 radical (unpaired) electrons. The van der Waals surface area contributed by atoms with E-state index >= 15 is 0 Å². The van der Waals surface area contributed by atoms with E-state index in [0.29, 0.717) is 5.92 Å². The number of hydrogen-bond donors (Lipinski definition) is 1. The highest BCUT2D eigenvalue weighted by Crippen LogP contribution is 2.66. The fraction of sp³-hybridized carbons (Fsp3) is 0.765. The Kier molecular flexibility index (Phi) is 3.40. The average molecular weight is 308 g/mol. The van der Waals surface area contributed by atoms with Crippen LogP contribution in [0.15, 0.2) is 12.7 Å². The molecule has 4 aliphatic carbocycles. The van der Waals surface area contributed by atoms with Crippen LogP contribution in [0.25, 0.3) is 0 Å². The summed E-state index contributed by atoms with van der Waals surface area (Å²) < 4.78 is 10.5. The van der Waals surface area contributed by atoms with Crippen LogP contribution in [0.3, 0.4) is 0 Å². The Morgan fingerprint density at radius 3 is 2.68 bits per heavy atom. The number of carbonyl (C=O) groups is 2. The monoisotopic (exact) mass is 308 g/mol. The van der Waals surface area contributed by atoms with Crippen LogP contribution in [0, 0.1) is 17.3 Å². The minimum absolute atomic E-state index is 0.0283. The van der Waals surface area contributed by atoms with Crippen molar-refractivity contribution in [3.05, 3.63) is 12.7 Å². The van der Waals surface area contributed by atoms with E-state index in [1.165, 1.54) is 0 Å². The molecule has 4 saturated carbocycles. The molecular formula is C17H24O5. The van der Waals surface area contributed by atoms with Crippen molar-refractivity contribution in [2.24, 2.45) is 17.3 Å². The maximum atomic E-state index is 12.1. The van der Waals surface area contributed by atoms with Crippen molar-refractivity contribution in [2.45, 2.75) is 57.2 Å². The Bertz CT molecular complexity index is 529. The Labute approximate surface area is 130 Å². The van der Waals surface area contributed by atoms with Gasteiger partial charge >= 0.3 is 11.9 Å². The molecule has 4 fully saturated rings. The first-order chi connectivity index (χ1) is 10.2. The van der Waals surface area contributed by atoms with E-state index in [-0.39, 0.29) is 11.3 Å². The van der Waals surface area contributed by atoms with Crippen LogP contribution in [0.4, 0.5) is 0 Å². The molecule has 0 amide bonds. The number of rotatable bonds is 4. The molecule has 5 heteroatoms. The summed E-state index contributed by atoms with van der Waals surface area (Å²) in [5, 5.41) is 11.0. The second kappa shape index (κ2) is 4.82. The molecule has 0 saturated heterocycles. The fourth-order valence-electron chi connectivity index (χ4n) is 5.48. The third-order valence-electron chi connectivity index (χ3n) is 5.93. The summed E-state index contributed by atoms with van der Waals surface area (Å²) in [5.41, 5.74) is -1.34. The van der Waals surface area contributed by atoms with Crippen molar-refractivity contribution in [1.29, 1.82) is 0 Å². The third-order valence-corrected chi connectivity index (χ3v) is 5.93. The molecule has 1 N–H and O–H groups in total. The van der Waals surface area contributed by atoms with Gasteiger partial charge in [0, 0.05) is 12.0 Å². The van der Waals surface area contributed by atoms with E-state index in [4.69, 9.17) is 9.47 Å². The van der Waals surface area contributed by atoms with Gasteiger partial charge in [-0.2, -0.15) is 0 Å². The van der Waals surface area contributed by atoms with Crippen molar-refractivity contribution in [1.82, 2.24) is 0 Å². The van der Waals surface area contributed by atoms with Crippen LogP contribution in [-0.4, -0.2) is 34.9 Å². The lowest BCUT2D eigenvalue weighted by Gasteiger charge is -2.66. The normalized spacial score (nSPS) is 45.4. The Morgan fingerprint density at radius 1 is 1.32 bits per heavy atom. The zero-order valence-corrected chi connectivity index (χ0v) is 13.3. The molecule has 4 aliphatic rings. The zero-order chi connectivity index (χ0) is 16.2. The summed E-state index contributed by atoms with van der Waals surface area (Å²) in [7, 11) is 0. The van der Waals surface area contributed by atoms with Gasteiger partial charge in [0.05, 0.1) is 5.60 Å². The molecule has 4 bridgehead atoms. The lowest BCUT2D eigenvalue weighted by atomic mass is 9.43. The smallest absolute Gasteiger partial charge is 0.344 e. The average Bonchev–Trinajstić information content (AvgIpc) is 2.40. The predicted molar refractivity (Wildman–Crippen MR) is 78.8 cm³/mol. The molecule has 0 aromatic heterocycles. The molecule has 0 spiro atoms. The number of aliphatic hydroxyl groups is 1. The molecule has 5 unspecified atom stereocenters. The number of carbonyl (C=O) groups excluding carboxylic acids is 2. The minimum atomic E-state index is -0.744. The van der Waals surface area contributed by atoms with Gasteiger partial charge < -0.3 is 14.6 Å². The zero-order valence-electron chi connectivity index (χ0n) is 13.3. The maximum Gasteiger partial charge on any atom is 0.344 e. The first-order valence-corrected chi connectivity index (χ1v) is 7.94. The van der Waals surface area contributed by atoms with Crippen LogP contribution in [0.5, 0.6) is 0 Å². The Morgan fingerprint density at radius 2 is 2.05 bits per heavy atom. The number of hydrogen-bond acceptors (Lipinski definition) is 5. The van der Waals surface area contributed by atoms with Gasteiger partial charge in [-0.05, 0) is 43.4 Å². The minimum Gasteiger partial charge on any atom is -0.456 e. The largest absolute Gasteiger partial charge is 0.456 e. The highest BCUT2D eigenvalue weighted by Gasteiger charge is 2.67. The maximum absolute atomic E-state index is 12.1. The molecule has 0 heterocycles. The van der Waals surface area contributed by atoms with Crippen LogP contribution < -0.4 is 0 Å². The van der Waals surface area contributed by atoms with Gasteiger partial charge in [-0.15, -0.1) is 0 Å². The van der Waals surface area contributed by atoms with Gasteiger partial charge in [-0.1, -0.05) is 20.4 Å². The van der Waals surface area contributed by atoms with E-state index in [1.807, 2.05) is 6.92 Å². The van der Waals surface area contributed by atoms with E-state index in [2.05, 4.69) is 13.5 Å². The van der Waals surface area contributed by atoms with Gasteiger partial charge in [-0.3, -0.25) is 0 Å². The standard InChI is InChI=1S/C17H24O5/c1-4-13(18)21-8-14(19)22-17-7-12-5-15(3,10-17)9-16(20,6-12)11(17)2/h4,11-12,20H,1,5-10H2,2-3H3. The first kappa shape index (κ1) is 15.5. The number of esters is 2. The Balaban J connectivity index is 1.76. The summed E-state index contributed by atoms with van der Waals surface area (Å²) in [4.78, 5) is 23.1. The molecule has 0 aromatic carbocycles. The molecule has 5 nitrogen and oxygen atoms in total. The Hall–Kier alpha value is -1.36. The molecule has 0 aliphatic heterocycles. The summed E-state index contributed by atoms with van der Waals surface area (Å²) >= 11 is 0. The number of ether oxygens (including phenoxy) is 2. The van der Waals surface area contributed by atoms with E-state index in [9.17, 15) is 14.7 Å². The highest BCUT2D eigenvalue weighted by atomic mass is 16.6. The van der Waals surface area contributed by atoms with Gasteiger partial charge in [0.25, 0.3) is 0 Å². The third kappa shape index (κ3) is 2.35. The SMILES string of the molecule is C=CC(=O)OCC(=O)OC12CC3CC(C)(CC(O)(C3)C1C)C2. The van der Waals surface area contributed by atoms with Gasteiger partial charge in [0.2, 0.25) is 0 Å². The molecular weight excluding hydrogens is 284 g/mol. The molecule has 122 valence electrons. The molecule has 4 rings (SSSR count). The predicted octanol–water partition coefficient (Wildman–Crippen LogP) is 1.98. The van der Waals surface area contributed by atoms with E-state index in [1.54, 1.807) is 0 Å². The van der Waals surface area contributed by atoms with Crippen LogP contribution in [0.1, 0.15) is 46.0 Å². The van der Waals surface area contributed by atoms with Gasteiger partial charge in [0.1, 0.15) is 5.60 Å². The topological polar surface area (TPSA) is 72.8 Å². The second-order valence-corrected chi connectivity index (χ2v) is 7.82. The van der Waals surface area contributed by atoms with Crippen molar-refractivity contribution in [3.8, 4) is 0 Å². The first-order valence-electron chi connectivity index (χ1n) is 7.94. The van der Waals surface area contributed by atoms with Crippen molar-refractivity contribution in [3.63, 3.8) is 0 Å². The summed E-state index contributed by atoms with van der Waals surface area (Å²) in [6, 6.07) is 0. The van der Waals surface area contributed by atoms with Crippen molar-refractivity contribution in [2.75, 3.05) is 6.61 Å².